The molecule has 0 aliphatic carbocycles. The van der Waals surface area contributed by atoms with E-state index in [4.69, 9.17) is 0 Å². The number of rotatable bonds is 5. The lowest BCUT2D eigenvalue weighted by atomic mass is 9.94. The van der Waals surface area contributed by atoms with Crippen molar-refractivity contribution in [2.24, 2.45) is 0 Å². The van der Waals surface area contributed by atoms with Gasteiger partial charge in [-0.3, -0.25) is 9.59 Å². The fourth-order valence-electron chi connectivity index (χ4n) is 4.29. The lowest BCUT2D eigenvalue weighted by Gasteiger charge is -2.34. The molecular weight excluding hydrogens is 402 g/mol. The summed E-state index contributed by atoms with van der Waals surface area (Å²) < 4.78 is 1.70. The van der Waals surface area contributed by atoms with E-state index in [1.54, 1.807) is 9.47 Å². The predicted molar refractivity (Wildman–Crippen MR) is 125 cm³/mol. The van der Waals surface area contributed by atoms with Crippen LogP contribution in [0.3, 0.4) is 0 Å². The number of aromatic hydroxyl groups is 1. The van der Waals surface area contributed by atoms with E-state index >= 15 is 0 Å². The number of carbonyl (C=O) groups is 1. The van der Waals surface area contributed by atoms with Crippen LogP contribution in [-0.4, -0.2) is 38.1 Å². The van der Waals surface area contributed by atoms with Gasteiger partial charge in [-0.15, -0.1) is 0 Å². The summed E-state index contributed by atoms with van der Waals surface area (Å²) in [5, 5.41) is 10.4. The van der Waals surface area contributed by atoms with Crippen molar-refractivity contribution >= 4 is 5.91 Å². The van der Waals surface area contributed by atoms with Crippen molar-refractivity contribution in [2.75, 3.05) is 6.54 Å². The lowest BCUT2D eigenvalue weighted by Crippen LogP contribution is -2.46. The van der Waals surface area contributed by atoms with Gasteiger partial charge in [-0.1, -0.05) is 62.4 Å². The summed E-state index contributed by atoms with van der Waals surface area (Å²) in [6.07, 6.45) is 0.388. The molecule has 1 N–H and O–H groups in total. The molecule has 0 fully saturated rings. The van der Waals surface area contributed by atoms with E-state index in [1.807, 2.05) is 32.0 Å². The zero-order chi connectivity index (χ0) is 23.0. The largest absolute Gasteiger partial charge is 0.501 e. The van der Waals surface area contributed by atoms with E-state index in [9.17, 15) is 14.7 Å². The van der Waals surface area contributed by atoms with Crippen LogP contribution in [0.15, 0.2) is 53.3 Å². The Morgan fingerprint density at radius 3 is 2.31 bits per heavy atom. The lowest BCUT2D eigenvalue weighted by molar-refractivity contribution is 0.0638. The Balaban J connectivity index is 1.76. The van der Waals surface area contributed by atoms with Gasteiger partial charge in [0.05, 0.1) is 0 Å². The van der Waals surface area contributed by atoms with E-state index < -0.39 is 11.3 Å². The Morgan fingerprint density at radius 1 is 0.969 bits per heavy atom. The first-order chi connectivity index (χ1) is 15.3. The second-order valence-electron chi connectivity index (χ2n) is 8.88. The summed E-state index contributed by atoms with van der Waals surface area (Å²) in [7, 11) is 0. The molecule has 6 heteroatoms. The summed E-state index contributed by atoms with van der Waals surface area (Å²) in [5.74, 6) is 0.0522. The van der Waals surface area contributed by atoms with Crippen molar-refractivity contribution in [2.45, 2.75) is 52.6 Å². The van der Waals surface area contributed by atoms with Gasteiger partial charge in [-0.2, -0.15) is 4.98 Å². The summed E-state index contributed by atoms with van der Waals surface area (Å²) in [6, 6.07) is 16.5. The Labute approximate surface area is 188 Å². The molecule has 1 aromatic heterocycles. The molecule has 0 unspecified atom stereocenters. The maximum absolute atomic E-state index is 13.0. The van der Waals surface area contributed by atoms with Crippen LogP contribution in [0.2, 0.25) is 0 Å². The highest BCUT2D eigenvalue weighted by molar-refractivity contribution is 5.95. The van der Waals surface area contributed by atoms with Crippen LogP contribution >= 0.6 is 0 Å². The second-order valence-corrected chi connectivity index (χ2v) is 8.88. The molecule has 0 radical (unpaired) electrons. The molecule has 0 atom stereocenters. The normalized spacial score (nSPS) is 13.7. The predicted octanol–water partition coefficient (Wildman–Crippen LogP) is 4.19. The number of benzene rings is 2. The number of carbonyl (C=O) groups excluding carboxylic acids is 1. The molecular formula is C26H29N3O3. The molecule has 0 saturated heterocycles. The van der Waals surface area contributed by atoms with Crippen molar-refractivity contribution in [1.29, 1.82) is 0 Å². The maximum atomic E-state index is 13.0. The molecule has 1 aliphatic heterocycles. The maximum Gasteiger partial charge on any atom is 0.315 e. The van der Waals surface area contributed by atoms with Crippen LogP contribution in [0, 0.1) is 0 Å². The smallest absolute Gasteiger partial charge is 0.315 e. The zero-order valence-corrected chi connectivity index (χ0v) is 19.0. The first-order valence-electron chi connectivity index (χ1n) is 11.1. The molecule has 1 amide bonds. The van der Waals surface area contributed by atoms with Gasteiger partial charge in [0.1, 0.15) is 5.82 Å². The van der Waals surface area contributed by atoms with Gasteiger partial charge in [0.15, 0.2) is 5.69 Å². The number of amides is 1. The molecule has 4 rings (SSSR count). The molecule has 0 saturated carbocycles. The number of fused-ring (bicyclic) bond motifs is 1. The SMILES string of the molecule is CC(C)c1ccc(-c2ccccc2Cc2nc(=O)c(O)c3n2CCN(C(C)C)C3=O)cc1. The quantitative estimate of drug-likeness (QED) is 0.657. The monoisotopic (exact) mass is 431 g/mol. The van der Waals surface area contributed by atoms with E-state index in [0.717, 1.165) is 16.7 Å². The van der Waals surface area contributed by atoms with Gasteiger partial charge in [0, 0.05) is 25.6 Å². The first kappa shape index (κ1) is 21.8. The van der Waals surface area contributed by atoms with E-state index in [1.165, 1.54) is 5.56 Å². The molecule has 0 spiro atoms. The van der Waals surface area contributed by atoms with Crippen LogP contribution < -0.4 is 5.56 Å². The summed E-state index contributed by atoms with van der Waals surface area (Å²) in [6.45, 7) is 9.18. The fraction of sp³-hybridized carbons (Fsp3) is 0.346. The van der Waals surface area contributed by atoms with Crippen molar-refractivity contribution in [3.63, 3.8) is 0 Å². The van der Waals surface area contributed by atoms with E-state index in [0.29, 0.717) is 31.3 Å². The van der Waals surface area contributed by atoms with Gasteiger partial charge >= 0.3 is 5.56 Å². The van der Waals surface area contributed by atoms with Crippen molar-refractivity contribution in [3.8, 4) is 16.9 Å². The average Bonchev–Trinajstić information content (AvgIpc) is 2.77. The molecule has 0 bridgehead atoms. The van der Waals surface area contributed by atoms with Gasteiger partial charge in [-0.25, -0.2) is 0 Å². The van der Waals surface area contributed by atoms with Gasteiger partial charge in [0.2, 0.25) is 5.75 Å². The highest BCUT2D eigenvalue weighted by atomic mass is 16.3. The fourth-order valence-corrected chi connectivity index (χ4v) is 4.29. The Morgan fingerprint density at radius 2 is 1.66 bits per heavy atom. The number of hydrogen-bond acceptors (Lipinski definition) is 4. The average molecular weight is 432 g/mol. The standard InChI is InChI=1S/C26H29N3O3/c1-16(2)18-9-11-19(12-10-18)21-8-6-5-7-20(21)15-22-27-25(31)24(30)23-26(32)28(17(3)4)13-14-29(22)23/h5-12,16-17,30H,13-15H2,1-4H3. The molecule has 32 heavy (non-hydrogen) atoms. The van der Waals surface area contributed by atoms with Gasteiger partial charge in [-0.05, 0) is 42.0 Å². The molecule has 1 aliphatic rings. The Kier molecular flexibility index (Phi) is 5.87. The molecule has 166 valence electrons. The van der Waals surface area contributed by atoms with Crippen LogP contribution in [0.25, 0.3) is 11.1 Å². The Hall–Kier alpha value is -3.41. The van der Waals surface area contributed by atoms with E-state index in [-0.39, 0.29) is 17.6 Å². The highest BCUT2D eigenvalue weighted by Gasteiger charge is 2.32. The molecule has 2 aromatic carbocycles. The molecule has 6 nitrogen and oxygen atoms in total. The number of aromatic nitrogens is 2. The second kappa shape index (κ2) is 8.61. The Bertz CT molecular complexity index is 1210. The number of nitrogens with zero attached hydrogens (tertiary/aromatic N) is 3. The van der Waals surface area contributed by atoms with Crippen LogP contribution in [-0.2, 0) is 13.0 Å². The van der Waals surface area contributed by atoms with Crippen LogP contribution in [0.5, 0.6) is 5.75 Å². The zero-order valence-electron chi connectivity index (χ0n) is 19.0. The number of hydrogen-bond donors (Lipinski definition) is 1. The summed E-state index contributed by atoms with van der Waals surface area (Å²) >= 11 is 0. The van der Waals surface area contributed by atoms with Crippen molar-refractivity contribution < 1.29 is 9.90 Å². The van der Waals surface area contributed by atoms with Gasteiger partial charge < -0.3 is 14.6 Å². The highest BCUT2D eigenvalue weighted by Crippen LogP contribution is 2.28. The molecule has 2 heterocycles. The van der Waals surface area contributed by atoms with E-state index in [2.05, 4.69) is 49.2 Å². The minimum Gasteiger partial charge on any atom is -0.501 e. The van der Waals surface area contributed by atoms with Crippen molar-refractivity contribution in [3.05, 3.63) is 81.5 Å². The topological polar surface area (TPSA) is 75.4 Å². The van der Waals surface area contributed by atoms with Crippen molar-refractivity contribution in [1.82, 2.24) is 14.5 Å². The summed E-state index contributed by atoms with van der Waals surface area (Å²) in [5.41, 5.74) is 3.72. The minimum atomic E-state index is -0.760. The minimum absolute atomic E-state index is 0.0168. The van der Waals surface area contributed by atoms with Crippen LogP contribution in [0.1, 0.15) is 61.1 Å². The first-order valence-corrected chi connectivity index (χ1v) is 11.1. The molecule has 3 aromatic rings. The third-order valence-corrected chi connectivity index (χ3v) is 6.14. The van der Waals surface area contributed by atoms with Crippen LogP contribution in [0.4, 0.5) is 0 Å². The third-order valence-electron chi connectivity index (χ3n) is 6.14. The van der Waals surface area contributed by atoms with Gasteiger partial charge in [0.25, 0.3) is 5.91 Å². The summed E-state index contributed by atoms with van der Waals surface area (Å²) in [4.78, 5) is 31.2. The third kappa shape index (κ3) is 3.93.